The quantitative estimate of drug-likeness (QED) is 0.894. The summed E-state index contributed by atoms with van der Waals surface area (Å²) in [7, 11) is 1.62. The van der Waals surface area contributed by atoms with Gasteiger partial charge in [-0.05, 0) is 24.8 Å². The molecule has 1 amide bonds. The number of nitrogens with one attached hydrogen (secondary N) is 1. The number of pyridine rings is 1. The molecule has 1 aromatic heterocycles. The van der Waals surface area contributed by atoms with Crippen LogP contribution in [0.5, 0.6) is 5.88 Å². The highest BCUT2D eigenvalue weighted by atomic mass is 16.5. The van der Waals surface area contributed by atoms with Crippen molar-refractivity contribution in [2.75, 3.05) is 20.2 Å². The van der Waals surface area contributed by atoms with E-state index < -0.39 is 0 Å². The van der Waals surface area contributed by atoms with Crippen LogP contribution in [0.3, 0.4) is 0 Å². The largest absolute Gasteiger partial charge is 0.481 e. The SMILES string of the molecule is COc1ccc(CN2CCC(NC(=O)C3CCC3)C2)cn1. The zero-order valence-electron chi connectivity index (χ0n) is 12.5. The van der Waals surface area contributed by atoms with Crippen LogP contribution >= 0.6 is 0 Å². The summed E-state index contributed by atoms with van der Waals surface area (Å²) >= 11 is 0. The summed E-state index contributed by atoms with van der Waals surface area (Å²) in [6.45, 7) is 2.85. The van der Waals surface area contributed by atoms with Crippen molar-refractivity contribution >= 4 is 5.91 Å². The highest BCUT2D eigenvalue weighted by Crippen LogP contribution is 2.26. The Morgan fingerprint density at radius 1 is 1.43 bits per heavy atom. The molecule has 1 saturated carbocycles. The van der Waals surface area contributed by atoms with E-state index in [1.165, 1.54) is 12.0 Å². The normalized spacial score (nSPS) is 22.8. The molecule has 5 nitrogen and oxygen atoms in total. The molecule has 0 radical (unpaired) electrons. The number of rotatable bonds is 5. The van der Waals surface area contributed by atoms with E-state index in [-0.39, 0.29) is 11.8 Å². The van der Waals surface area contributed by atoms with Crippen LogP contribution in [0, 0.1) is 5.92 Å². The first-order chi connectivity index (χ1) is 10.2. The zero-order chi connectivity index (χ0) is 14.7. The van der Waals surface area contributed by atoms with E-state index in [2.05, 4.69) is 15.2 Å². The van der Waals surface area contributed by atoms with Crippen LogP contribution in [-0.4, -0.2) is 42.0 Å². The maximum Gasteiger partial charge on any atom is 0.223 e. The molecule has 0 spiro atoms. The first-order valence-electron chi connectivity index (χ1n) is 7.76. The first kappa shape index (κ1) is 14.3. The minimum atomic E-state index is 0.263. The third-order valence-corrected chi connectivity index (χ3v) is 4.51. The number of carbonyl (C=O) groups excluding carboxylic acids is 1. The molecule has 1 N–H and O–H groups in total. The maximum atomic E-state index is 12.0. The number of carbonyl (C=O) groups is 1. The monoisotopic (exact) mass is 289 g/mol. The van der Waals surface area contributed by atoms with Gasteiger partial charge in [0.25, 0.3) is 0 Å². The fourth-order valence-corrected chi connectivity index (χ4v) is 2.97. The molecule has 5 heteroatoms. The first-order valence-corrected chi connectivity index (χ1v) is 7.76. The third-order valence-electron chi connectivity index (χ3n) is 4.51. The van der Waals surface area contributed by atoms with Gasteiger partial charge in [0, 0.05) is 43.9 Å². The maximum absolute atomic E-state index is 12.0. The van der Waals surface area contributed by atoms with Crippen molar-refractivity contribution in [2.45, 2.75) is 38.3 Å². The number of hydrogen-bond donors (Lipinski definition) is 1. The number of hydrogen-bond acceptors (Lipinski definition) is 4. The summed E-state index contributed by atoms with van der Waals surface area (Å²) in [6.07, 6.45) is 6.25. The highest BCUT2D eigenvalue weighted by molar-refractivity contribution is 5.79. The molecule has 1 atom stereocenters. The molecule has 2 aliphatic rings. The van der Waals surface area contributed by atoms with E-state index in [0.717, 1.165) is 38.9 Å². The van der Waals surface area contributed by atoms with Crippen molar-refractivity contribution in [3.63, 3.8) is 0 Å². The van der Waals surface area contributed by atoms with Gasteiger partial charge < -0.3 is 10.1 Å². The summed E-state index contributed by atoms with van der Waals surface area (Å²) < 4.78 is 5.07. The van der Waals surface area contributed by atoms with Crippen molar-refractivity contribution < 1.29 is 9.53 Å². The summed E-state index contributed by atoms with van der Waals surface area (Å²) in [5.41, 5.74) is 1.18. The minimum Gasteiger partial charge on any atom is -0.481 e. The molecule has 2 heterocycles. The van der Waals surface area contributed by atoms with Crippen LogP contribution in [0.4, 0.5) is 0 Å². The summed E-state index contributed by atoms with van der Waals surface area (Å²) in [5.74, 6) is 1.19. The van der Waals surface area contributed by atoms with E-state index in [4.69, 9.17) is 4.74 Å². The van der Waals surface area contributed by atoms with Crippen molar-refractivity contribution in [2.24, 2.45) is 5.92 Å². The van der Waals surface area contributed by atoms with Gasteiger partial charge in [-0.15, -0.1) is 0 Å². The Morgan fingerprint density at radius 2 is 2.29 bits per heavy atom. The molecule has 3 rings (SSSR count). The minimum absolute atomic E-state index is 0.263. The summed E-state index contributed by atoms with van der Waals surface area (Å²) in [4.78, 5) is 18.6. The van der Waals surface area contributed by atoms with Gasteiger partial charge in [-0.25, -0.2) is 4.98 Å². The zero-order valence-corrected chi connectivity index (χ0v) is 12.5. The molecular weight excluding hydrogens is 266 g/mol. The average Bonchev–Trinajstić information content (AvgIpc) is 2.84. The fourth-order valence-electron chi connectivity index (χ4n) is 2.97. The van der Waals surface area contributed by atoms with E-state index in [1.807, 2.05) is 18.3 Å². The topological polar surface area (TPSA) is 54.5 Å². The molecule has 1 saturated heterocycles. The Kier molecular flexibility index (Phi) is 4.39. The molecule has 1 unspecified atom stereocenters. The van der Waals surface area contributed by atoms with E-state index >= 15 is 0 Å². The van der Waals surface area contributed by atoms with Crippen molar-refractivity contribution in [1.82, 2.24) is 15.2 Å². The third kappa shape index (κ3) is 3.53. The Bertz CT molecular complexity index is 485. The predicted octanol–water partition coefficient (Wildman–Crippen LogP) is 1.58. The fraction of sp³-hybridized carbons (Fsp3) is 0.625. The number of methoxy groups -OCH3 is 1. The van der Waals surface area contributed by atoms with Crippen LogP contribution in [0.2, 0.25) is 0 Å². The number of likely N-dealkylation sites (tertiary alicyclic amines) is 1. The molecule has 21 heavy (non-hydrogen) atoms. The summed E-state index contributed by atoms with van der Waals surface area (Å²) in [5, 5.41) is 3.20. The lowest BCUT2D eigenvalue weighted by Gasteiger charge is -2.26. The number of nitrogens with zero attached hydrogens (tertiary/aromatic N) is 2. The van der Waals surface area contributed by atoms with Gasteiger partial charge in [0.1, 0.15) is 0 Å². The van der Waals surface area contributed by atoms with Crippen LogP contribution in [0.15, 0.2) is 18.3 Å². The molecular formula is C16H23N3O2. The lowest BCUT2D eigenvalue weighted by molar-refractivity contribution is -0.128. The second-order valence-corrected chi connectivity index (χ2v) is 6.07. The number of aromatic nitrogens is 1. The van der Waals surface area contributed by atoms with Crippen molar-refractivity contribution in [3.05, 3.63) is 23.9 Å². The molecule has 1 aliphatic carbocycles. The van der Waals surface area contributed by atoms with Gasteiger partial charge in [0.2, 0.25) is 11.8 Å². The summed E-state index contributed by atoms with van der Waals surface area (Å²) in [6, 6.07) is 4.25. The Hall–Kier alpha value is -1.62. The second kappa shape index (κ2) is 6.43. The molecule has 0 bridgehead atoms. The highest BCUT2D eigenvalue weighted by Gasteiger charge is 2.29. The Balaban J connectivity index is 1.46. The van der Waals surface area contributed by atoms with Gasteiger partial charge in [-0.1, -0.05) is 12.5 Å². The second-order valence-electron chi connectivity index (χ2n) is 6.07. The molecule has 1 aliphatic heterocycles. The Morgan fingerprint density at radius 3 is 2.90 bits per heavy atom. The molecule has 2 fully saturated rings. The van der Waals surface area contributed by atoms with E-state index in [1.54, 1.807) is 7.11 Å². The average molecular weight is 289 g/mol. The lowest BCUT2D eigenvalue weighted by Crippen LogP contribution is -2.42. The van der Waals surface area contributed by atoms with E-state index in [9.17, 15) is 4.79 Å². The van der Waals surface area contributed by atoms with Gasteiger partial charge in [0.15, 0.2) is 0 Å². The molecule has 1 aromatic rings. The molecule has 0 aromatic carbocycles. The number of ether oxygens (including phenoxy) is 1. The van der Waals surface area contributed by atoms with Gasteiger partial charge >= 0.3 is 0 Å². The van der Waals surface area contributed by atoms with Crippen LogP contribution in [0.1, 0.15) is 31.2 Å². The Labute approximate surface area is 125 Å². The smallest absolute Gasteiger partial charge is 0.223 e. The van der Waals surface area contributed by atoms with Gasteiger partial charge in [0.05, 0.1) is 7.11 Å². The van der Waals surface area contributed by atoms with Crippen LogP contribution in [-0.2, 0) is 11.3 Å². The van der Waals surface area contributed by atoms with Crippen molar-refractivity contribution in [3.8, 4) is 5.88 Å². The lowest BCUT2D eigenvalue weighted by atomic mass is 9.84. The number of amides is 1. The van der Waals surface area contributed by atoms with Gasteiger partial charge in [-0.3, -0.25) is 9.69 Å². The molecule has 114 valence electrons. The van der Waals surface area contributed by atoms with Crippen molar-refractivity contribution in [1.29, 1.82) is 0 Å². The van der Waals surface area contributed by atoms with Gasteiger partial charge in [-0.2, -0.15) is 0 Å². The van der Waals surface area contributed by atoms with E-state index in [0.29, 0.717) is 11.9 Å². The standard InChI is InChI=1S/C16H23N3O2/c1-21-15-6-5-12(9-17-15)10-19-8-7-14(11-19)18-16(20)13-3-2-4-13/h5-6,9,13-14H,2-4,7-8,10-11H2,1H3,(H,18,20). The van der Waals surface area contributed by atoms with Crippen LogP contribution in [0.25, 0.3) is 0 Å². The van der Waals surface area contributed by atoms with Crippen LogP contribution < -0.4 is 10.1 Å². The predicted molar refractivity (Wildman–Crippen MR) is 80.0 cm³/mol.